The van der Waals surface area contributed by atoms with Gasteiger partial charge in [0.25, 0.3) is 0 Å². The van der Waals surface area contributed by atoms with Gasteiger partial charge >= 0.3 is 0 Å². The molecular weight excluding hydrogens is 294 g/mol. The maximum atomic E-state index is 11.6. The molecule has 0 spiro atoms. The number of carbonyl (C=O) groups excluding carboxylic acids is 1. The molecule has 4 heteroatoms. The van der Waals surface area contributed by atoms with Gasteiger partial charge in [-0.05, 0) is 53.2 Å². The van der Waals surface area contributed by atoms with Crippen LogP contribution < -0.4 is 5.32 Å². The molecule has 0 atom stereocenters. The third kappa shape index (κ3) is 3.60. The summed E-state index contributed by atoms with van der Waals surface area (Å²) >= 11 is 3.20. The summed E-state index contributed by atoms with van der Waals surface area (Å²) in [5.74, 6) is 0.437. The number of anilines is 1. The standard InChI is InChI=1S/C14H12BrNO2/c1-10-2-4-11(5-3-10)16-14(17)9-7-12-6-8-13(15)18-12/h2-9H,1H3,(H,16,17). The van der Waals surface area contributed by atoms with Gasteiger partial charge in [0.1, 0.15) is 5.76 Å². The Morgan fingerprint density at radius 1 is 1.22 bits per heavy atom. The fraction of sp³-hybridized carbons (Fsp3) is 0.0714. The van der Waals surface area contributed by atoms with Gasteiger partial charge < -0.3 is 9.73 Å². The van der Waals surface area contributed by atoms with E-state index in [2.05, 4.69) is 21.2 Å². The fourth-order valence-corrected chi connectivity index (χ4v) is 1.72. The summed E-state index contributed by atoms with van der Waals surface area (Å²) in [6, 6.07) is 11.2. The highest BCUT2D eigenvalue weighted by atomic mass is 79.9. The number of benzene rings is 1. The summed E-state index contributed by atoms with van der Waals surface area (Å²) in [7, 11) is 0. The zero-order chi connectivity index (χ0) is 13.0. The van der Waals surface area contributed by atoms with Gasteiger partial charge in [0.2, 0.25) is 5.91 Å². The van der Waals surface area contributed by atoms with Crippen molar-refractivity contribution in [3.63, 3.8) is 0 Å². The number of aryl methyl sites for hydroxylation is 1. The highest BCUT2D eigenvalue weighted by Crippen LogP contribution is 2.15. The Morgan fingerprint density at radius 2 is 1.94 bits per heavy atom. The van der Waals surface area contributed by atoms with Crippen LogP contribution in [0.1, 0.15) is 11.3 Å². The van der Waals surface area contributed by atoms with E-state index in [0.717, 1.165) is 11.3 Å². The molecule has 92 valence electrons. The van der Waals surface area contributed by atoms with E-state index in [-0.39, 0.29) is 5.91 Å². The predicted octanol–water partition coefficient (Wildman–Crippen LogP) is 4.00. The normalized spacial score (nSPS) is 10.8. The van der Waals surface area contributed by atoms with Crippen LogP contribution in [-0.2, 0) is 4.79 Å². The largest absolute Gasteiger partial charge is 0.450 e. The summed E-state index contributed by atoms with van der Waals surface area (Å²) < 4.78 is 5.89. The van der Waals surface area contributed by atoms with Gasteiger partial charge in [-0.2, -0.15) is 0 Å². The Kier molecular flexibility index (Phi) is 3.99. The lowest BCUT2D eigenvalue weighted by Gasteiger charge is -2.01. The summed E-state index contributed by atoms with van der Waals surface area (Å²) in [5.41, 5.74) is 1.93. The molecular formula is C14H12BrNO2. The van der Waals surface area contributed by atoms with E-state index in [1.165, 1.54) is 6.08 Å². The highest BCUT2D eigenvalue weighted by Gasteiger charge is 1.99. The first-order chi connectivity index (χ1) is 8.63. The minimum atomic E-state index is -0.189. The van der Waals surface area contributed by atoms with Gasteiger partial charge in [0, 0.05) is 11.8 Å². The van der Waals surface area contributed by atoms with Crippen molar-refractivity contribution in [3.05, 3.63) is 58.5 Å². The zero-order valence-electron chi connectivity index (χ0n) is 9.81. The number of amides is 1. The lowest BCUT2D eigenvalue weighted by molar-refractivity contribution is -0.111. The number of nitrogens with one attached hydrogen (secondary N) is 1. The van der Waals surface area contributed by atoms with Crippen LogP contribution >= 0.6 is 15.9 Å². The summed E-state index contributed by atoms with van der Waals surface area (Å²) in [6.07, 6.45) is 3.05. The monoisotopic (exact) mass is 305 g/mol. The highest BCUT2D eigenvalue weighted by molar-refractivity contribution is 9.10. The van der Waals surface area contributed by atoms with Crippen LogP contribution in [0.25, 0.3) is 6.08 Å². The molecule has 1 aromatic heterocycles. The molecule has 1 heterocycles. The average Bonchev–Trinajstić information content (AvgIpc) is 2.76. The van der Waals surface area contributed by atoms with Crippen molar-refractivity contribution < 1.29 is 9.21 Å². The van der Waals surface area contributed by atoms with Gasteiger partial charge in [-0.25, -0.2) is 0 Å². The molecule has 2 aromatic rings. The number of halogens is 1. The number of hydrogen-bond donors (Lipinski definition) is 1. The van der Waals surface area contributed by atoms with Crippen molar-refractivity contribution in [2.75, 3.05) is 5.32 Å². The van der Waals surface area contributed by atoms with Crippen molar-refractivity contribution in [3.8, 4) is 0 Å². The Hall–Kier alpha value is -1.81. The van der Waals surface area contributed by atoms with E-state index in [9.17, 15) is 4.79 Å². The topological polar surface area (TPSA) is 42.2 Å². The minimum absolute atomic E-state index is 0.189. The molecule has 1 amide bonds. The predicted molar refractivity (Wildman–Crippen MR) is 75.3 cm³/mol. The summed E-state index contributed by atoms with van der Waals surface area (Å²) in [6.45, 7) is 2.00. The van der Waals surface area contributed by atoms with Crippen molar-refractivity contribution in [1.82, 2.24) is 0 Å². The van der Waals surface area contributed by atoms with Gasteiger partial charge in [-0.1, -0.05) is 17.7 Å². The maximum Gasteiger partial charge on any atom is 0.248 e. The molecule has 1 N–H and O–H groups in total. The Labute approximate surface area is 114 Å². The smallest absolute Gasteiger partial charge is 0.248 e. The average molecular weight is 306 g/mol. The second kappa shape index (κ2) is 5.69. The van der Waals surface area contributed by atoms with Crippen molar-refractivity contribution in [2.24, 2.45) is 0 Å². The SMILES string of the molecule is Cc1ccc(NC(=O)C=Cc2ccc(Br)o2)cc1. The quantitative estimate of drug-likeness (QED) is 0.871. The summed E-state index contributed by atoms with van der Waals surface area (Å²) in [5, 5.41) is 2.77. The van der Waals surface area contributed by atoms with Crippen molar-refractivity contribution in [2.45, 2.75) is 6.92 Å². The molecule has 3 nitrogen and oxygen atoms in total. The molecule has 1 aromatic carbocycles. The number of furan rings is 1. The second-order valence-corrected chi connectivity index (χ2v) is 4.61. The van der Waals surface area contributed by atoms with E-state index >= 15 is 0 Å². The maximum absolute atomic E-state index is 11.6. The number of hydrogen-bond acceptors (Lipinski definition) is 2. The van der Waals surface area contributed by atoms with Gasteiger partial charge in [-0.3, -0.25) is 4.79 Å². The third-order valence-corrected chi connectivity index (χ3v) is 2.74. The van der Waals surface area contributed by atoms with Crippen molar-refractivity contribution >= 4 is 33.6 Å². The molecule has 0 radical (unpaired) electrons. The van der Waals surface area contributed by atoms with Gasteiger partial charge in [0.15, 0.2) is 4.67 Å². The Balaban J connectivity index is 1.96. The number of rotatable bonds is 3. The third-order valence-electron chi connectivity index (χ3n) is 2.31. The molecule has 0 aliphatic rings. The molecule has 0 aliphatic heterocycles. The molecule has 18 heavy (non-hydrogen) atoms. The minimum Gasteiger partial charge on any atom is -0.450 e. The summed E-state index contributed by atoms with van der Waals surface area (Å²) in [4.78, 5) is 11.6. The molecule has 0 aliphatic carbocycles. The first kappa shape index (κ1) is 12.6. The van der Waals surface area contributed by atoms with E-state index in [1.807, 2.05) is 31.2 Å². The van der Waals surface area contributed by atoms with E-state index in [4.69, 9.17) is 4.42 Å². The lowest BCUT2D eigenvalue weighted by Crippen LogP contribution is -2.07. The Morgan fingerprint density at radius 3 is 2.56 bits per heavy atom. The van der Waals surface area contributed by atoms with Crippen LogP contribution in [0.5, 0.6) is 0 Å². The molecule has 0 unspecified atom stereocenters. The molecule has 2 rings (SSSR count). The first-order valence-corrected chi connectivity index (χ1v) is 6.24. The van der Waals surface area contributed by atoms with Crippen LogP contribution in [-0.4, -0.2) is 5.91 Å². The van der Waals surface area contributed by atoms with Crippen LogP contribution in [0.3, 0.4) is 0 Å². The van der Waals surface area contributed by atoms with Crippen LogP contribution in [0.2, 0.25) is 0 Å². The van der Waals surface area contributed by atoms with Gasteiger partial charge in [-0.15, -0.1) is 0 Å². The van der Waals surface area contributed by atoms with E-state index in [1.54, 1.807) is 18.2 Å². The first-order valence-electron chi connectivity index (χ1n) is 5.44. The van der Waals surface area contributed by atoms with Crippen LogP contribution in [0.15, 0.2) is 51.6 Å². The fourth-order valence-electron chi connectivity index (χ4n) is 1.40. The molecule has 0 saturated heterocycles. The lowest BCUT2D eigenvalue weighted by atomic mass is 10.2. The van der Waals surface area contributed by atoms with Crippen LogP contribution in [0.4, 0.5) is 5.69 Å². The zero-order valence-corrected chi connectivity index (χ0v) is 11.4. The molecule has 0 fully saturated rings. The number of carbonyl (C=O) groups is 1. The second-order valence-electron chi connectivity index (χ2n) is 3.83. The molecule has 0 saturated carbocycles. The molecule has 0 bridgehead atoms. The van der Waals surface area contributed by atoms with Crippen LogP contribution in [0, 0.1) is 6.92 Å². The van der Waals surface area contributed by atoms with E-state index < -0.39 is 0 Å². The van der Waals surface area contributed by atoms with Gasteiger partial charge in [0.05, 0.1) is 0 Å². The van der Waals surface area contributed by atoms with E-state index in [0.29, 0.717) is 10.4 Å². The Bertz CT molecular complexity index is 570. The van der Waals surface area contributed by atoms with Crippen molar-refractivity contribution in [1.29, 1.82) is 0 Å².